The summed E-state index contributed by atoms with van der Waals surface area (Å²) in [6.07, 6.45) is 2.08. The molecule has 0 radical (unpaired) electrons. The van der Waals surface area contributed by atoms with E-state index >= 15 is 0 Å². The van der Waals surface area contributed by atoms with Gasteiger partial charge in [0.2, 0.25) is 5.91 Å². The number of benzene rings is 2. The van der Waals surface area contributed by atoms with E-state index in [9.17, 15) is 13.2 Å². The van der Waals surface area contributed by atoms with Gasteiger partial charge in [0.1, 0.15) is 0 Å². The minimum atomic E-state index is -3.33. The van der Waals surface area contributed by atoms with Crippen molar-refractivity contribution in [3.05, 3.63) is 65.2 Å². The molecule has 1 unspecified atom stereocenters. The van der Waals surface area contributed by atoms with Gasteiger partial charge in [-0.2, -0.15) is 0 Å². The summed E-state index contributed by atoms with van der Waals surface area (Å²) in [5.41, 5.74) is 8.43. The molecule has 0 spiro atoms. The Bertz CT molecular complexity index is 849. The smallest absolute Gasteiger partial charge is 0.237 e. The van der Waals surface area contributed by atoms with Crippen LogP contribution in [0.1, 0.15) is 36.6 Å². The lowest BCUT2D eigenvalue weighted by Gasteiger charge is -2.22. The van der Waals surface area contributed by atoms with Crippen molar-refractivity contribution in [2.45, 2.75) is 37.2 Å². The number of rotatable bonds is 6. The predicted octanol–water partition coefficient (Wildman–Crippen LogP) is 2.63. The number of aryl methyl sites for hydroxylation is 1. The van der Waals surface area contributed by atoms with Crippen LogP contribution in [0.2, 0.25) is 0 Å². The van der Waals surface area contributed by atoms with Gasteiger partial charge in [0.15, 0.2) is 9.84 Å². The Hall–Kier alpha value is -1.89. The molecule has 5 nitrogen and oxygen atoms in total. The number of halogens is 1. The van der Waals surface area contributed by atoms with E-state index in [0.29, 0.717) is 5.56 Å². The maximum atomic E-state index is 12.2. The van der Waals surface area contributed by atoms with Gasteiger partial charge in [-0.3, -0.25) is 4.79 Å². The van der Waals surface area contributed by atoms with Crippen LogP contribution in [0.5, 0.6) is 0 Å². The molecule has 0 bridgehead atoms. The highest BCUT2D eigenvalue weighted by Crippen LogP contribution is 2.25. The molecular weight excluding hydrogens is 372 g/mol. The molecule has 3 N–H and O–H groups in total. The molecule has 26 heavy (non-hydrogen) atoms. The van der Waals surface area contributed by atoms with E-state index in [-0.39, 0.29) is 23.2 Å². The number of nitrogens with two attached hydrogens (primary N) is 1. The van der Waals surface area contributed by atoms with Crippen LogP contribution in [0.15, 0.2) is 53.4 Å². The van der Waals surface area contributed by atoms with Crippen molar-refractivity contribution in [2.24, 2.45) is 5.73 Å². The van der Waals surface area contributed by atoms with Gasteiger partial charge in [0, 0.05) is 6.26 Å². The maximum absolute atomic E-state index is 12.2. The van der Waals surface area contributed by atoms with Crippen LogP contribution in [-0.2, 0) is 21.1 Å². The zero-order valence-electron chi connectivity index (χ0n) is 15.1. The van der Waals surface area contributed by atoms with Crippen LogP contribution in [0.4, 0.5) is 0 Å². The summed E-state index contributed by atoms with van der Waals surface area (Å²) in [5, 5.41) is 2.91. The molecule has 0 aromatic heterocycles. The molecule has 0 fully saturated rings. The van der Waals surface area contributed by atoms with Crippen molar-refractivity contribution in [2.75, 3.05) is 6.26 Å². The topological polar surface area (TPSA) is 89.3 Å². The molecule has 0 aliphatic heterocycles. The van der Waals surface area contributed by atoms with Crippen molar-refractivity contribution >= 4 is 28.2 Å². The third kappa shape index (κ3) is 5.56. The molecule has 0 aliphatic rings. The maximum Gasteiger partial charge on any atom is 0.237 e. The summed E-state index contributed by atoms with van der Waals surface area (Å²) in [6, 6.07) is 13.4. The van der Waals surface area contributed by atoms with Gasteiger partial charge in [-0.05, 0) is 42.2 Å². The summed E-state index contributed by atoms with van der Waals surface area (Å²) in [7, 11) is -3.33. The zero-order valence-corrected chi connectivity index (χ0v) is 16.7. The Balaban J connectivity index is 0.00000338. The largest absolute Gasteiger partial charge is 0.344 e. The summed E-state index contributed by atoms with van der Waals surface area (Å²) in [5.74, 6) is -0.297. The summed E-state index contributed by atoms with van der Waals surface area (Å²) < 4.78 is 23.7. The number of nitrogens with one attached hydrogen (secondary N) is 1. The molecule has 0 saturated heterocycles. The monoisotopic (exact) mass is 396 g/mol. The van der Waals surface area contributed by atoms with E-state index in [1.165, 1.54) is 5.56 Å². The Morgan fingerprint density at radius 1 is 1.12 bits per heavy atom. The number of carbonyl (C=O) groups excluding carboxylic acids is 1. The number of hydrogen-bond donors (Lipinski definition) is 2. The average Bonchev–Trinajstić information content (AvgIpc) is 2.59. The molecule has 1 amide bonds. The first-order chi connectivity index (χ1) is 11.7. The first-order valence-corrected chi connectivity index (χ1v) is 10.1. The highest BCUT2D eigenvalue weighted by molar-refractivity contribution is 7.90. The highest BCUT2D eigenvalue weighted by Gasteiger charge is 2.20. The van der Waals surface area contributed by atoms with Crippen molar-refractivity contribution in [1.82, 2.24) is 5.32 Å². The highest BCUT2D eigenvalue weighted by atomic mass is 35.5. The minimum absolute atomic E-state index is 0. The number of carbonyl (C=O) groups is 1. The molecule has 2 aromatic carbocycles. The van der Waals surface area contributed by atoms with Gasteiger partial charge in [-0.25, -0.2) is 8.42 Å². The van der Waals surface area contributed by atoms with Gasteiger partial charge in [-0.1, -0.05) is 43.3 Å². The molecule has 0 saturated carbocycles. The second-order valence-corrected chi connectivity index (χ2v) is 8.19. The average molecular weight is 397 g/mol. The van der Waals surface area contributed by atoms with Gasteiger partial charge in [0.25, 0.3) is 0 Å². The Morgan fingerprint density at radius 3 is 2.23 bits per heavy atom. The van der Waals surface area contributed by atoms with Crippen LogP contribution < -0.4 is 11.1 Å². The molecule has 2 aromatic rings. The first kappa shape index (κ1) is 22.2. The minimum Gasteiger partial charge on any atom is -0.344 e. The van der Waals surface area contributed by atoms with Gasteiger partial charge in [0.05, 0.1) is 17.0 Å². The molecule has 0 aliphatic carbocycles. The van der Waals surface area contributed by atoms with E-state index in [1.807, 2.05) is 24.3 Å². The molecule has 2 rings (SSSR count). The molecular formula is C19H25ClN2O3S. The fraction of sp³-hybridized carbons (Fsp3) is 0.316. The second kappa shape index (κ2) is 9.16. The van der Waals surface area contributed by atoms with Crippen molar-refractivity contribution in [1.29, 1.82) is 0 Å². The van der Waals surface area contributed by atoms with Crippen LogP contribution in [0, 0.1) is 0 Å². The molecule has 0 heterocycles. The van der Waals surface area contributed by atoms with E-state index < -0.39 is 21.9 Å². The van der Waals surface area contributed by atoms with Crippen LogP contribution >= 0.6 is 12.4 Å². The summed E-state index contributed by atoms with van der Waals surface area (Å²) >= 11 is 0. The van der Waals surface area contributed by atoms with Crippen LogP contribution in [0.3, 0.4) is 0 Å². The first-order valence-electron chi connectivity index (χ1n) is 8.17. The van der Waals surface area contributed by atoms with E-state index in [1.54, 1.807) is 31.2 Å². The zero-order chi connectivity index (χ0) is 18.6. The third-order valence-corrected chi connectivity index (χ3v) is 5.15. The van der Waals surface area contributed by atoms with Crippen molar-refractivity contribution < 1.29 is 13.2 Å². The Labute approximate surface area is 161 Å². The number of sulfone groups is 1. The Morgan fingerprint density at radius 2 is 1.73 bits per heavy atom. The number of amides is 1. The molecule has 2 atom stereocenters. The number of hydrogen-bond acceptors (Lipinski definition) is 4. The van der Waals surface area contributed by atoms with E-state index in [2.05, 4.69) is 12.2 Å². The van der Waals surface area contributed by atoms with E-state index in [4.69, 9.17) is 5.73 Å². The van der Waals surface area contributed by atoms with Gasteiger partial charge < -0.3 is 11.1 Å². The molecule has 7 heteroatoms. The standard InChI is InChI=1S/C19H24N2O3S.ClH/c1-4-14-8-10-15(11-9-14)18(21-19(22)13(2)20)16-6-5-7-17(12-16)25(3,23)24;/h5-13,18H,4,20H2,1-3H3,(H,21,22);1H/t13-,18?;/m0./s1. The van der Waals surface area contributed by atoms with Gasteiger partial charge >= 0.3 is 0 Å². The van der Waals surface area contributed by atoms with E-state index in [0.717, 1.165) is 18.2 Å². The molecule has 142 valence electrons. The van der Waals surface area contributed by atoms with Crippen molar-refractivity contribution in [3.8, 4) is 0 Å². The van der Waals surface area contributed by atoms with Crippen LogP contribution in [0.25, 0.3) is 0 Å². The summed E-state index contributed by atoms with van der Waals surface area (Å²) in [4.78, 5) is 12.4. The quantitative estimate of drug-likeness (QED) is 0.785. The van der Waals surface area contributed by atoms with Crippen molar-refractivity contribution in [3.63, 3.8) is 0 Å². The lowest BCUT2D eigenvalue weighted by molar-refractivity contribution is -0.122. The lowest BCUT2D eigenvalue weighted by atomic mass is 9.97. The SMILES string of the molecule is CCc1ccc(C(NC(=O)[C@H](C)N)c2cccc(S(C)(=O)=O)c2)cc1.Cl. The van der Waals surface area contributed by atoms with Crippen LogP contribution in [-0.4, -0.2) is 26.6 Å². The third-order valence-electron chi connectivity index (χ3n) is 4.04. The normalized spacial score (nSPS) is 13.4. The predicted molar refractivity (Wildman–Crippen MR) is 106 cm³/mol. The summed E-state index contributed by atoms with van der Waals surface area (Å²) in [6.45, 7) is 3.68. The van der Waals surface area contributed by atoms with Gasteiger partial charge in [-0.15, -0.1) is 12.4 Å². The fourth-order valence-corrected chi connectivity index (χ4v) is 3.18. The lowest BCUT2D eigenvalue weighted by Crippen LogP contribution is -2.40. The Kier molecular flexibility index (Phi) is 7.81. The fourth-order valence-electron chi connectivity index (χ4n) is 2.50. The second-order valence-electron chi connectivity index (χ2n) is 6.17.